The first-order chi connectivity index (χ1) is 11.4. The zero-order valence-electron chi connectivity index (χ0n) is 13.2. The number of pyridine rings is 1. The average Bonchev–Trinajstić information content (AvgIpc) is 2.93. The van der Waals surface area contributed by atoms with E-state index in [9.17, 15) is 8.42 Å². The highest BCUT2D eigenvalue weighted by molar-refractivity contribution is 9.10. The molecule has 0 aromatic carbocycles. The predicted molar refractivity (Wildman–Crippen MR) is 95.1 cm³/mol. The molecule has 0 bridgehead atoms. The van der Waals surface area contributed by atoms with Crippen molar-refractivity contribution in [2.24, 2.45) is 0 Å². The van der Waals surface area contributed by atoms with Gasteiger partial charge in [-0.05, 0) is 46.6 Å². The number of hydrogen-bond acceptors (Lipinski definition) is 5. The van der Waals surface area contributed by atoms with E-state index >= 15 is 0 Å². The van der Waals surface area contributed by atoms with Gasteiger partial charge in [-0.3, -0.25) is 9.17 Å². The molecule has 0 aliphatic carbocycles. The van der Waals surface area contributed by atoms with Gasteiger partial charge in [0, 0.05) is 33.7 Å². The van der Waals surface area contributed by atoms with E-state index in [1.165, 1.54) is 0 Å². The lowest BCUT2D eigenvalue weighted by Gasteiger charge is -2.11. The van der Waals surface area contributed by atoms with E-state index in [2.05, 4.69) is 26.0 Å². The Morgan fingerprint density at radius 3 is 2.71 bits per heavy atom. The average molecular weight is 410 g/mol. The largest absolute Gasteiger partial charge is 0.264 e. The third-order valence-corrected chi connectivity index (χ3v) is 4.55. The van der Waals surface area contributed by atoms with Crippen LogP contribution in [0.2, 0.25) is 0 Å². The van der Waals surface area contributed by atoms with Gasteiger partial charge in [-0.15, -0.1) is 0 Å². The molecular weight excluding hydrogens is 394 g/mol. The Labute approximate surface area is 148 Å². The summed E-state index contributed by atoms with van der Waals surface area (Å²) in [6, 6.07) is 7.87. The summed E-state index contributed by atoms with van der Waals surface area (Å²) in [6.07, 6.45) is 5.25. The van der Waals surface area contributed by atoms with Gasteiger partial charge >= 0.3 is 0 Å². The van der Waals surface area contributed by atoms with Gasteiger partial charge in [0.25, 0.3) is 10.1 Å². The quantitative estimate of drug-likeness (QED) is 0.604. The molecule has 0 fully saturated rings. The van der Waals surface area contributed by atoms with E-state index in [-0.39, 0.29) is 6.61 Å². The molecule has 6 nitrogen and oxygen atoms in total. The number of aryl methyl sites for hydroxylation is 1. The Balaban J connectivity index is 2.17. The van der Waals surface area contributed by atoms with Crippen LogP contribution in [0.4, 0.5) is 0 Å². The highest BCUT2D eigenvalue weighted by Crippen LogP contribution is 2.27. The normalized spacial score (nSPS) is 12.0. The van der Waals surface area contributed by atoms with E-state index < -0.39 is 10.1 Å². The molecular formula is C16H16BrN3O3S. The Kier molecular flexibility index (Phi) is 4.71. The fourth-order valence-corrected chi connectivity index (χ4v) is 3.16. The van der Waals surface area contributed by atoms with Gasteiger partial charge < -0.3 is 0 Å². The van der Waals surface area contributed by atoms with Crippen molar-refractivity contribution in [2.75, 3.05) is 6.26 Å². The SMILES string of the molecule is CCc1ccc2cc(-c3cncc(Br)c3)c(COS(C)(=O)=O)nn12. The minimum atomic E-state index is -3.56. The van der Waals surface area contributed by atoms with E-state index in [0.717, 1.165) is 39.5 Å². The van der Waals surface area contributed by atoms with Crippen LogP contribution < -0.4 is 0 Å². The monoisotopic (exact) mass is 409 g/mol. The molecule has 0 saturated heterocycles. The number of hydrogen-bond donors (Lipinski definition) is 0. The Hall–Kier alpha value is -1.77. The molecule has 0 aliphatic rings. The number of nitrogens with zero attached hydrogens (tertiary/aromatic N) is 3. The molecule has 3 aromatic heterocycles. The maximum absolute atomic E-state index is 11.4. The summed E-state index contributed by atoms with van der Waals surface area (Å²) in [6.45, 7) is 1.92. The smallest absolute Gasteiger partial charge is 0.264 e. The third-order valence-electron chi connectivity index (χ3n) is 3.57. The van der Waals surface area contributed by atoms with Gasteiger partial charge in [0.2, 0.25) is 0 Å². The van der Waals surface area contributed by atoms with Crippen LogP contribution in [0.5, 0.6) is 0 Å². The minimum absolute atomic E-state index is 0.127. The number of halogens is 1. The lowest BCUT2D eigenvalue weighted by atomic mass is 10.1. The highest BCUT2D eigenvalue weighted by Gasteiger charge is 2.14. The van der Waals surface area contributed by atoms with Crippen LogP contribution in [-0.4, -0.2) is 29.3 Å². The summed E-state index contributed by atoms with van der Waals surface area (Å²) in [5, 5.41) is 4.60. The molecule has 24 heavy (non-hydrogen) atoms. The molecule has 3 rings (SSSR count). The van der Waals surface area contributed by atoms with Crippen LogP contribution in [-0.2, 0) is 27.3 Å². The standard InChI is InChI=1S/C16H16BrN3O3S/c1-3-13-4-5-14-7-15(11-6-12(17)9-18-8-11)16(19-20(13)14)10-23-24(2,21)22/h4-9H,3,10H2,1-2H3. The van der Waals surface area contributed by atoms with E-state index in [1.807, 2.05) is 35.7 Å². The molecule has 3 aromatic rings. The molecule has 0 radical (unpaired) electrons. The molecule has 0 spiro atoms. The summed E-state index contributed by atoms with van der Waals surface area (Å²) >= 11 is 3.40. The molecule has 3 heterocycles. The van der Waals surface area contributed by atoms with Crippen LogP contribution in [0.1, 0.15) is 18.3 Å². The van der Waals surface area contributed by atoms with E-state index in [1.54, 1.807) is 12.4 Å². The minimum Gasteiger partial charge on any atom is -0.264 e. The zero-order chi connectivity index (χ0) is 17.3. The lowest BCUT2D eigenvalue weighted by Crippen LogP contribution is -2.08. The van der Waals surface area contributed by atoms with Crippen LogP contribution in [0.25, 0.3) is 16.6 Å². The van der Waals surface area contributed by atoms with E-state index in [4.69, 9.17) is 4.18 Å². The van der Waals surface area contributed by atoms with Crippen molar-refractivity contribution < 1.29 is 12.6 Å². The van der Waals surface area contributed by atoms with Gasteiger partial charge in [-0.25, -0.2) is 4.52 Å². The van der Waals surface area contributed by atoms with Gasteiger partial charge in [-0.2, -0.15) is 13.5 Å². The van der Waals surface area contributed by atoms with Gasteiger partial charge in [0.15, 0.2) is 0 Å². The molecule has 0 saturated carbocycles. The van der Waals surface area contributed by atoms with Crippen molar-refractivity contribution in [3.63, 3.8) is 0 Å². The Morgan fingerprint density at radius 2 is 2.04 bits per heavy atom. The number of rotatable bonds is 5. The lowest BCUT2D eigenvalue weighted by molar-refractivity contribution is 0.306. The Bertz CT molecular complexity index is 999. The van der Waals surface area contributed by atoms with Gasteiger partial charge in [0.05, 0.1) is 17.5 Å². The van der Waals surface area contributed by atoms with Crippen LogP contribution in [0.3, 0.4) is 0 Å². The summed E-state index contributed by atoms with van der Waals surface area (Å²) in [7, 11) is -3.56. The van der Waals surface area contributed by atoms with Crippen molar-refractivity contribution in [2.45, 2.75) is 20.0 Å². The first kappa shape index (κ1) is 17.1. The number of aromatic nitrogens is 3. The summed E-state index contributed by atoms with van der Waals surface area (Å²) in [5.74, 6) is 0. The van der Waals surface area contributed by atoms with E-state index in [0.29, 0.717) is 5.69 Å². The topological polar surface area (TPSA) is 73.6 Å². The molecule has 0 amide bonds. The van der Waals surface area contributed by atoms with Crippen LogP contribution in [0.15, 0.2) is 41.1 Å². The molecule has 0 N–H and O–H groups in total. The summed E-state index contributed by atoms with van der Waals surface area (Å²) < 4.78 is 30.4. The predicted octanol–water partition coefficient (Wildman–Crippen LogP) is 3.20. The second-order valence-electron chi connectivity index (χ2n) is 5.38. The second-order valence-corrected chi connectivity index (χ2v) is 7.94. The van der Waals surface area contributed by atoms with Crippen molar-refractivity contribution in [1.29, 1.82) is 0 Å². The van der Waals surface area contributed by atoms with Crippen molar-refractivity contribution in [3.8, 4) is 11.1 Å². The Morgan fingerprint density at radius 1 is 1.25 bits per heavy atom. The maximum Gasteiger partial charge on any atom is 0.264 e. The number of fused-ring (bicyclic) bond motifs is 1. The maximum atomic E-state index is 11.4. The van der Waals surface area contributed by atoms with Crippen molar-refractivity contribution in [1.82, 2.24) is 14.6 Å². The fraction of sp³-hybridized carbons (Fsp3) is 0.250. The first-order valence-electron chi connectivity index (χ1n) is 7.33. The fourth-order valence-electron chi connectivity index (χ4n) is 2.47. The molecule has 8 heteroatoms. The molecule has 126 valence electrons. The molecule has 0 aliphatic heterocycles. The van der Waals surface area contributed by atoms with Gasteiger partial charge in [-0.1, -0.05) is 6.92 Å². The van der Waals surface area contributed by atoms with Gasteiger partial charge in [0.1, 0.15) is 6.61 Å². The summed E-state index contributed by atoms with van der Waals surface area (Å²) in [5.41, 5.74) is 4.15. The highest BCUT2D eigenvalue weighted by atomic mass is 79.9. The van der Waals surface area contributed by atoms with Crippen molar-refractivity contribution >= 4 is 31.6 Å². The third kappa shape index (κ3) is 3.66. The van der Waals surface area contributed by atoms with Crippen LogP contribution >= 0.6 is 15.9 Å². The second kappa shape index (κ2) is 6.62. The van der Waals surface area contributed by atoms with Crippen LogP contribution in [0, 0.1) is 0 Å². The summed E-state index contributed by atoms with van der Waals surface area (Å²) in [4.78, 5) is 4.17. The zero-order valence-corrected chi connectivity index (χ0v) is 15.6. The molecule has 0 unspecified atom stereocenters. The first-order valence-corrected chi connectivity index (χ1v) is 9.94. The van der Waals surface area contributed by atoms with Crippen molar-refractivity contribution in [3.05, 3.63) is 52.5 Å². The molecule has 0 atom stereocenters.